The fraction of sp³-hybridized carbons (Fsp3) is 0.444. The van der Waals surface area contributed by atoms with Crippen molar-refractivity contribution < 1.29 is 29.3 Å². The highest BCUT2D eigenvalue weighted by Gasteiger charge is 2.38. The van der Waals surface area contributed by atoms with Crippen LogP contribution in [0.1, 0.15) is 56.1 Å². The molecule has 35 heavy (non-hydrogen) atoms. The fourth-order valence-electron chi connectivity index (χ4n) is 5.15. The maximum Gasteiger partial charge on any atom is 0.407 e. The van der Waals surface area contributed by atoms with Gasteiger partial charge >= 0.3 is 12.1 Å². The van der Waals surface area contributed by atoms with Crippen molar-refractivity contribution in [3.63, 3.8) is 0 Å². The summed E-state index contributed by atoms with van der Waals surface area (Å²) in [5.74, 6) is -1.51. The van der Waals surface area contributed by atoms with E-state index in [0.29, 0.717) is 18.8 Å². The standard InChI is InChI=1S/C27H32N2O6/c1-17-10-12-27(16-30,13-11-17)29-25(33)23(14-24(31)32)28-26(34)35-15-22-20-8-4-2-6-18(20)19-7-3-5-9-21(19)22/h2-9,17,22-23,30H,10-16H2,1H3,(H,28,34)(H,29,33)(H,31,32). The lowest BCUT2D eigenvalue weighted by molar-refractivity contribution is -0.140. The molecule has 0 saturated heterocycles. The molecular weight excluding hydrogens is 448 g/mol. The third kappa shape index (κ3) is 5.48. The lowest BCUT2D eigenvalue weighted by atomic mass is 9.77. The van der Waals surface area contributed by atoms with Crippen LogP contribution in [0, 0.1) is 5.92 Å². The van der Waals surface area contributed by atoms with Gasteiger partial charge in [-0.2, -0.15) is 0 Å². The van der Waals surface area contributed by atoms with Gasteiger partial charge in [-0.1, -0.05) is 55.5 Å². The Kier molecular flexibility index (Phi) is 7.40. The van der Waals surface area contributed by atoms with Gasteiger partial charge < -0.3 is 25.6 Å². The number of carboxylic acid groups (broad SMARTS) is 1. The van der Waals surface area contributed by atoms with Gasteiger partial charge in [-0.3, -0.25) is 9.59 Å². The van der Waals surface area contributed by atoms with Gasteiger partial charge in [-0.25, -0.2) is 4.79 Å². The van der Waals surface area contributed by atoms with Gasteiger partial charge in [-0.05, 0) is 53.9 Å². The average molecular weight is 481 g/mol. The molecule has 0 radical (unpaired) electrons. The Bertz CT molecular complexity index is 1050. The van der Waals surface area contributed by atoms with Crippen LogP contribution >= 0.6 is 0 Å². The number of hydrogen-bond acceptors (Lipinski definition) is 5. The van der Waals surface area contributed by atoms with Crippen LogP contribution in [0.4, 0.5) is 4.79 Å². The monoisotopic (exact) mass is 480 g/mol. The molecule has 4 rings (SSSR count). The van der Waals surface area contributed by atoms with Crippen molar-refractivity contribution in [3.8, 4) is 11.1 Å². The highest BCUT2D eigenvalue weighted by molar-refractivity contribution is 5.89. The highest BCUT2D eigenvalue weighted by atomic mass is 16.5. The smallest absolute Gasteiger partial charge is 0.407 e. The maximum absolute atomic E-state index is 13.0. The lowest BCUT2D eigenvalue weighted by Crippen LogP contribution is -2.58. The molecule has 1 unspecified atom stereocenters. The van der Waals surface area contributed by atoms with Crippen molar-refractivity contribution in [1.82, 2.24) is 10.6 Å². The minimum absolute atomic E-state index is 0.0553. The van der Waals surface area contributed by atoms with Crippen molar-refractivity contribution in [2.24, 2.45) is 5.92 Å². The number of carbonyl (C=O) groups excluding carboxylic acids is 2. The largest absolute Gasteiger partial charge is 0.481 e. The van der Waals surface area contributed by atoms with Gasteiger partial charge in [0.05, 0.1) is 18.6 Å². The highest BCUT2D eigenvalue weighted by Crippen LogP contribution is 2.44. The van der Waals surface area contributed by atoms with Crippen LogP contribution in [-0.2, 0) is 14.3 Å². The van der Waals surface area contributed by atoms with Crippen molar-refractivity contribution in [2.45, 2.75) is 56.5 Å². The van der Waals surface area contributed by atoms with E-state index in [9.17, 15) is 24.6 Å². The lowest BCUT2D eigenvalue weighted by Gasteiger charge is -2.39. The number of hydrogen-bond donors (Lipinski definition) is 4. The minimum atomic E-state index is -1.31. The molecule has 2 aromatic carbocycles. The first kappa shape index (κ1) is 24.7. The van der Waals surface area contributed by atoms with Gasteiger partial charge in [-0.15, -0.1) is 0 Å². The van der Waals surface area contributed by atoms with Crippen LogP contribution in [0.5, 0.6) is 0 Å². The second kappa shape index (κ2) is 10.5. The summed E-state index contributed by atoms with van der Waals surface area (Å²) in [6.45, 7) is 1.94. The number of rotatable bonds is 8. The van der Waals surface area contributed by atoms with Crippen LogP contribution in [-0.4, -0.2) is 53.0 Å². The van der Waals surface area contributed by atoms with Crippen molar-refractivity contribution in [2.75, 3.05) is 13.2 Å². The number of aliphatic hydroxyl groups is 1. The van der Waals surface area contributed by atoms with Crippen LogP contribution in [0.3, 0.4) is 0 Å². The predicted molar refractivity (Wildman–Crippen MR) is 130 cm³/mol. The van der Waals surface area contributed by atoms with Crippen molar-refractivity contribution in [3.05, 3.63) is 59.7 Å². The number of ether oxygens (including phenoxy) is 1. The van der Waals surface area contributed by atoms with Crippen LogP contribution in [0.15, 0.2) is 48.5 Å². The van der Waals surface area contributed by atoms with E-state index in [1.807, 2.05) is 48.5 Å². The predicted octanol–water partition coefficient (Wildman–Crippen LogP) is 3.43. The zero-order valence-corrected chi connectivity index (χ0v) is 19.8. The van der Waals surface area contributed by atoms with E-state index in [1.54, 1.807) is 0 Å². The fourth-order valence-corrected chi connectivity index (χ4v) is 5.15. The van der Waals surface area contributed by atoms with E-state index >= 15 is 0 Å². The molecule has 1 fully saturated rings. The average Bonchev–Trinajstić information content (AvgIpc) is 3.17. The third-order valence-corrected chi connectivity index (χ3v) is 7.25. The van der Waals surface area contributed by atoms with Crippen molar-refractivity contribution >= 4 is 18.0 Å². The molecule has 8 heteroatoms. The Morgan fingerprint density at radius 1 is 1.03 bits per heavy atom. The summed E-state index contributed by atoms with van der Waals surface area (Å²) in [6.07, 6.45) is 1.45. The number of benzene rings is 2. The van der Waals surface area contributed by atoms with Gasteiger partial charge in [0.1, 0.15) is 12.6 Å². The summed E-state index contributed by atoms with van der Waals surface area (Å²) >= 11 is 0. The Balaban J connectivity index is 1.41. The third-order valence-electron chi connectivity index (χ3n) is 7.25. The number of alkyl carbamates (subject to hydrolysis) is 1. The molecule has 1 saturated carbocycles. The zero-order valence-electron chi connectivity index (χ0n) is 19.8. The summed E-state index contributed by atoms with van der Waals surface area (Å²) in [6, 6.07) is 14.6. The molecule has 1 atom stereocenters. The molecule has 0 aromatic heterocycles. The van der Waals surface area contributed by atoms with E-state index in [2.05, 4.69) is 17.6 Å². The molecule has 2 amide bonds. The van der Waals surface area contributed by atoms with Gasteiger partial charge in [0.25, 0.3) is 0 Å². The number of amides is 2. The summed E-state index contributed by atoms with van der Waals surface area (Å²) < 4.78 is 5.49. The Morgan fingerprint density at radius 3 is 2.14 bits per heavy atom. The second-order valence-corrected chi connectivity index (χ2v) is 9.73. The first-order chi connectivity index (χ1) is 16.8. The first-order valence-corrected chi connectivity index (χ1v) is 12.1. The summed E-state index contributed by atoms with van der Waals surface area (Å²) in [5, 5.41) is 24.5. The molecule has 0 bridgehead atoms. The van der Waals surface area contributed by atoms with Gasteiger partial charge in [0.15, 0.2) is 0 Å². The second-order valence-electron chi connectivity index (χ2n) is 9.73. The zero-order chi connectivity index (χ0) is 25.0. The number of carbonyl (C=O) groups is 3. The molecule has 4 N–H and O–H groups in total. The topological polar surface area (TPSA) is 125 Å². The maximum atomic E-state index is 13.0. The summed E-state index contributed by atoms with van der Waals surface area (Å²) in [7, 11) is 0. The Hall–Kier alpha value is -3.39. The van der Waals surface area contributed by atoms with E-state index in [0.717, 1.165) is 35.1 Å². The Morgan fingerprint density at radius 2 is 1.60 bits per heavy atom. The van der Waals surface area contributed by atoms with E-state index in [-0.39, 0.29) is 19.1 Å². The van der Waals surface area contributed by atoms with Gasteiger partial charge in [0, 0.05) is 5.92 Å². The SMILES string of the molecule is CC1CCC(CO)(NC(=O)C(CC(=O)O)NC(=O)OCC2c3ccccc3-c3ccccc32)CC1. The van der Waals surface area contributed by atoms with Gasteiger partial charge in [0.2, 0.25) is 5.91 Å². The van der Waals surface area contributed by atoms with Crippen LogP contribution in [0.25, 0.3) is 11.1 Å². The van der Waals surface area contributed by atoms with Crippen LogP contribution < -0.4 is 10.6 Å². The minimum Gasteiger partial charge on any atom is -0.481 e. The number of aliphatic hydroxyl groups excluding tert-OH is 1. The number of nitrogens with one attached hydrogen (secondary N) is 2. The molecule has 2 aliphatic carbocycles. The molecule has 2 aliphatic rings. The van der Waals surface area contributed by atoms with E-state index in [4.69, 9.17) is 4.74 Å². The molecule has 186 valence electrons. The molecular formula is C27H32N2O6. The molecule has 0 heterocycles. The number of fused-ring (bicyclic) bond motifs is 3. The van der Waals surface area contributed by atoms with E-state index < -0.39 is 36.0 Å². The summed E-state index contributed by atoms with van der Waals surface area (Å²) in [4.78, 5) is 37.0. The van der Waals surface area contributed by atoms with Crippen molar-refractivity contribution in [1.29, 1.82) is 0 Å². The molecule has 0 spiro atoms. The molecule has 8 nitrogen and oxygen atoms in total. The normalized spacial score (nSPS) is 21.9. The van der Waals surface area contributed by atoms with E-state index in [1.165, 1.54) is 0 Å². The number of aliphatic carboxylic acids is 1. The molecule has 0 aliphatic heterocycles. The summed E-state index contributed by atoms with van der Waals surface area (Å²) in [5.41, 5.74) is 3.49. The number of carboxylic acids is 1. The first-order valence-electron chi connectivity index (χ1n) is 12.1. The Labute approximate surface area is 204 Å². The molecule has 2 aromatic rings. The quantitative estimate of drug-likeness (QED) is 0.459. The van der Waals surface area contributed by atoms with Crippen LogP contribution in [0.2, 0.25) is 0 Å².